The number of amidine groups is 1. The van der Waals surface area contributed by atoms with E-state index in [0.29, 0.717) is 12.6 Å². The third-order valence-corrected chi connectivity index (χ3v) is 2.64. The number of aryl methyl sites for hydroxylation is 2. The van der Waals surface area contributed by atoms with Gasteiger partial charge in [0.1, 0.15) is 6.61 Å². The molecule has 1 aromatic rings. The molecule has 1 heterocycles. The largest absolute Gasteiger partial charge is 0.463 e. The summed E-state index contributed by atoms with van der Waals surface area (Å²) in [6.45, 7) is 7.75. The molecule has 0 aromatic heterocycles. The summed E-state index contributed by atoms with van der Waals surface area (Å²) in [6, 6.07) is 4.94. The minimum atomic E-state index is 0.642. The Bertz CT molecular complexity index is 410. The van der Waals surface area contributed by atoms with Gasteiger partial charge in [-0.2, -0.15) is 0 Å². The Kier molecular flexibility index (Phi) is 2.62. The van der Waals surface area contributed by atoms with E-state index in [0.717, 1.165) is 12.2 Å². The molecule has 0 radical (unpaired) electrons. The Labute approximate surface area is 90.2 Å². The predicted molar refractivity (Wildman–Crippen MR) is 62.5 cm³/mol. The molecule has 3 nitrogen and oxygen atoms in total. The Balaban J connectivity index is 2.27. The van der Waals surface area contributed by atoms with E-state index in [4.69, 9.17) is 4.74 Å². The van der Waals surface area contributed by atoms with Gasteiger partial charge >= 0.3 is 0 Å². The van der Waals surface area contributed by atoms with E-state index < -0.39 is 0 Å². The number of benzene rings is 1. The zero-order valence-electron chi connectivity index (χ0n) is 9.42. The average Bonchev–Trinajstić information content (AvgIpc) is 2.66. The molecule has 0 bridgehead atoms. The first kappa shape index (κ1) is 10.0. The van der Waals surface area contributed by atoms with Crippen molar-refractivity contribution in [2.45, 2.75) is 20.8 Å². The van der Waals surface area contributed by atoms with Crippen molar-refractivity contribution >= 4 is 11.7 Å². The highest BCUT2D eigenvalue weighted by molar-refractivity contribution is 5.90. The van der Waals surface area contributed by atoms with Crippen LogP contribution in [0.25, 0.3) is 0 Å². The molecule has 0 atom stereocenters. The Morgan fingerprint density at radius 1 is 1.27 bits per heavy atom. The number of hydrogen-bond donors (Lipinski definition) is 1. The number of ether oxygens (including phenoxy) is 1. The van der Waals surface area contributed by atoms with E-state index in [1.54, 1.807) is 0 Å². The van der Waals surface area contributed by atoms with E-state index in [1.807, 2.05) is 0 Å². The molecule has 0 amide bonds. The molecule has 15 heavy (non-hydrogen) atoms. The first-order chi connectivity index (χ1) is 7.16. The van der Waals surface area contributed by atoms with Crippen LogP contribution in [0.4, 0.5) is 5.69 Å². The van der Waals surface area contributed by atoms with Gasteiger partial charge in [-0.25, -0.2) is 4.99 Å². The van der Waals surface area contributed by atoms with Crippen LogP contribution >= 0.6 is 0 Å². The molecule has 1 aromatic carbocycles. The molecule has 0 saturated carbocycles. The molecule has 3 heteroatoms. The molecule has 0 unspecified atom stereocenters. The Morgan fingerprint density at radius 3 is 2.73 bits per heavy atom. The maximum Gasteiger partial charge on any atom is 0.289 e. The second-order valence-corrected chi connectivity index (χ2v) is 3.91. The van der Waals surface area contributed by atoms with E-state index in [1.165, 1.54) is 16.7 Å². The standard InChI is InChI=1S/C12H16N2O/c1-8-6-9(2)10(3)11(7-8)14-12-13-4-5-15-12/h6-7H,4-5H2,1-3H3,(H,13,14). The van der Waals surface area contributed by atoms with Crippen LogP contribution in [-0.2, 0) is 4.74 Å². The monoisotopic (exact) mass is 204 g/mol. The van der Waals surface area contributed by atoms with Gasteiger partial charge in [0.25, 0.3) is 6.02 Å². The van der Waals surface area contributed by atoms with Crippen molar-refractivity contribution in [1.29, 1.82) is 0 Å². The topological polar surface area (TPSA) is 33.6 Å². The molecule has 2 rings (SSSR count). The number of rotatable bonds is 1. The van der Waals surface area contributed by atoms with Crippen molar-refractivity contribution < 1.29 is 4.74 Å². The zero-order chi connectivity index (χ0) is 10.8. The third kappa shape index (κ3) is 2.12. The lowest BCUT2D eigenvalue weighted by Gasteiger charge is -2.12. The van der Waals surface area contributed by atoms with E-state index in [2.05, 4.69) is 43.2 Å². The van der Waals surface area contributed by atoms with Crippen LogP contribution in [0.15, 0.2) is 17.1 Å². The van der Waals surface area contributed by atoms with Crippen molar-refractivity contribution in [3.05, 3.63) is 28.8 Å². The predicted octanol–water partition coefficient (Wildman–Crippen LogP) is 2.41. The van der Waals surface area contributed by atoms with Gasteiger partial charge in [0, 0.05) is 5.69 Å². The summed E-state index contributed by atoms with van der Waals surface area (Å²) in [5.74, 6) is 0. The van der Waals surface area contributed by atoms with Crippen LogP contribution in [0, 0.1) is 20.8 Å². The van der Waals surface area contributed by atoms with Gasteiger partial charge in [0.05, 0.1) is 6.54 Å². The second-order valence-electron chi connectivity index (χ2n) is 3.91. The molecular weight excluding hydrogens is 188 g/mol. The molecule has 0 aliphatic carbocycles. The highest BCUT2D eigenvalue weighted by Gasteiger charge is 2.09. The van der Waals surface area contributed by atoms with Crippen LogP contribution < -0.4 is 5.32 Å². The molecule has 0 saturated heterocycles. The van der Waals surface area contributed by atoms with Gasteiger partial charge in [-0.15, -0.1) is 0 Å². The minimum Gasteiger partial charge on any atom is -0.463 e. The number of nitrogens with zero attached hydrogens (tertiary/aromatic N) is 1. The summed E-state index contributed by atoms with van der Waals surface area (Å²) in [5, 5.41) is 3.22. The third-order valence-electron chi connectivity index (χ3n) is 2.64. The van der Waals surface area contributed by atoms with Gasteiger partial charge in [-0.1, -0.05) is 6.07 Å². The lowest BCUT2D eigenvalue weighted by atomic mass is 10.0. The fourth-order valence-electron chi connectivity index (χ4n) is 1.70. The fourth-order valence-corrected chi connectivity index (χ4v) is 1.70. The molecule has 1 N–H and O–H groups in total. The maximum atomic E-state index is 5.33. The van der Waals surface area contributed by atoms with Crippen LogP contribution in [0.3, 0.4) is 0 Å². The van der Waals surface area contributed by atoms with Crippen molar-refractivity contribution in [3.63, 3.8) is 0 Å². The number of aliphatic imine (C=N–C) groups is 1. The van der Waals surface area contributed by atoms with Crippen LogP contribution in [-0.4, -0.2) is 19.2 Å². The molecule has 0 fully saturated rings. The Morgan fingerprint density at radius 2 is 2.07 bits per heavy atom. The quantitative estimate of drug-likeness (QED) is 0.762. The normalized spacial score (nSPS) is 14.7. The van der Waals surface area contributed by atoms with Crippen molar-refractivity contribution in [2.24, 2.45) is 4.99 Å². The van der Waals surface area contributed by atoms with Crippen LogP contribution in [0.5, 0.6) is 0 Å². The first-order valence-electron chi connectivity index (χ1n) is 5.19. The molecule has 0 spiro atoms. The van der Waals surface area contributed by atoms with Crippen molar-refractivity contribution in [3.8, 4) is 0 Å². The van der Waals surface area contributed by atoms with Crippen molar-refractivity contribution in [1.82, 2.24) is 0 Å². The van der Waals surface area contributed by atoms with Gasteiger partial charge in [-0.05, 0) is 43.5 Å². The minimum absolute atomic E-state index is 0.642. The molecular formula is C12H16N2O. The van der Waals surface area contributed by atoms with Crippen molar-refractivity contribution in [2.75, 3.05) is 18.5 Å². The first-order valence-corrected chi connectivity index (χ1v) is 5.19. The SMILES string of the molecule is Cc1cc(C)c(C)c(NC2=NCCO2)c1. The summed E-state index contributed by atoms with van der Waals surface area (Å²) in [4.78, 5) is 4.21. The summed E-state index contributed by atoms with van der Waals surface area (Å²) in [5.41, 5.74) is 4.88. The molecule has 1 aliphatic heterocycles. The Hall–Kier alpha value is -1.51. The molecule has 1 aliphatic rings. The number of hydrogen-bond acceptors (Lipinski definition) is 3. The lowest BCUT2D eigenvalue weighted by Crippen LogP contribution is -2.13. The summed E-state index contributed by atoms with van der Waals surface area (Å²) < 4.78 is 5.33. The van der Waals surface area contributed by atoms with Crippen LogP contribution in [0.1, 0.15) is 16.7 Å². The zero-order valence-corrected chi connectivity index (χ0v) is 9.42. The van der Waals surface area contributed by atoms with Gasteiger partial charge < -0.3 is 10.1 Å². The second kappa shape index (κ2) is 3.93. The summed E-state index contributed by atoms with van der Waals surface area (Å²) >= 11 is 0. The van der Waals surface area contributed by atoms with Gasteiger partial charge in [-0.3, -0.25) is 0 Å². The maximum absolute atomic E-state index is 5.33. The summed E-state index contributed by atoms with van der Waals surface area (Å²) in [6.07, 6.45) is 0. The average molecular weight is 204 g/mol. The van der Waals surface area contributed by atoms with E-state index in [-0.39, 0.29) is 0 Å². The van der Waals surface area contributed by atoms with Gasteiger partial charge in [0.15, 0.2) is 0 Å². The highest BCUT2D eigenvalue weighted by Crippen LogP contribution is 2.21. The smallest absolute Gasteiger partial charge is 0.289 e. The highest BCUT2D eigenvalue weighted by atomic mass is 16.5. The van der Waals surface area contributed by atoms with E-state index >= 15 is 0 Å². The number of nitrogens with one attached hydrogen (secondary N) is 1. The van der Waals surface area contributed by atoms with Gasteiger partial charge in [0.2, 0.25) is 0 Å². The van der Waals surface area contributed by atoms with E-state index in [9.17, 15) is 0 Å². The summed E-state index contributed by atoms with van der Waals surface area (Å²) in [7, 11) is 0. The molecule has 80 valence electrons. The van der Waals surface area contributed by atoms with Crippen LogP contribution in [0.2, 0.25) is 0 Å². The fraction of sp³-hybridized carbons (Fsp3) is 0.417. The lowest BCUT2D eigenvalue weighted by molar-refractivity contribution is 0.346. The number of anilines is 1.